The van der Waals surface area contributed by atoms with Crippen LogP contribution < -0.4 is 10.2 Å². The molecule has 0 amide bonds. The summed E-state index contributed by atoms with van der Waals surface area (Å²) in [6.45, 7) is 9.72. The molecule has 1 N–H and O–H groups in total. The lowest BCUT2D eigenvalue weighted by Gasteiger charge is -2.35. The molecule has 0 atom stereocenters. The smallest absolute Gasteiger partial charge is 0.185 e. The van der Waals surface area contributed by atoms with Crippen molar-refractivity contribution in [3.05, 3.63) is 11.6 Å². The molecule has 5 heteroatoms. The molecule has 0 radical (unpaired) electrons. The van der Waals surface area contributed by atoms with Gasteiger partial charge in [0, 0.05) is 30.7 Å². The third kappa shape index (κ3) is 4.43. The number of likely N-dealkylation sites (tertiary alicyclic amines) is 1. The van der Waals surface area contributed by atoms with E-state index in [0.29, 0.717) is 6.04 Å². The fourth-order valence-electron chi connectivity index (χ4n) is 3.71. The summed E-state index contributed by atoms with van der Waals surface area (Å²) in [5, 5.41) is 7.11. The first-order valence-electron chi connectivity index (χ1n) is 8.95. The Morgan fingerprint density at radius 1 is 1.18 bits per heavy atom. The molecular weight excluding hydrogens is 292 g/mol. The van der Waals surface area contributed by atoms with E-state index in [1.807, 2.05) is 6.20 Å². The maximum Gasteiger partial charge on any atom is 0.185 e. The Kier molecular flexibility index (Phi) is 6.10. The van der Waals surface area contributed by atoms with Crippen molar-refractivity contribution in [2.24, 2.45) is 5.92 Å². The van der Waals surface area contributed by atoms with Crippen molar-refractivity contribution in [2.75, 3.05) is 44.2 Å². The topological polar surface area (TPSA) is 31.4 Å². The number of nitrogens with one attached hydrogen (secondary N) is 1. The monoisotopic (exact) mass is 322 g/mol. The van der Waals surface area contributed by atoms with Gasteiger partial charge in [0.15, 0.2) is 5.13 Å². The van der Waals surface area contributed by atoms with Gasteiger partial charge in [-0.3, -0.25) is 0 Å². The molecule has 3 rings (SSSR count). The van der Waals surface area contributed by atoms with Crippen LogP contribution >= 0.6 is 11.3 Å². The number of hydrogen-bond acceptors (Lipinski definition) is 5. The Morgan fingerprint density at radius 3 is 2.59 bits per heavy atom. The van der Waals surface area contributed by atoms with E-state index in [9.17, 15) is 0 Å². The van der Waals surface area contributed by atoms with E-state index in [1.54, 1.807) is 11.3 Å². The van der Waals surface area contributed by atoms with Crippen LogP contribution in [0.25, 0.3) is 0 Å². The van der Waals surface area contributed by atoms with Crippen LogP contribution in [0.3, 0.4) is 0 Å². The average Bonchev–Trinajstić information content (AvgIpc) is 3.09. The number of thiazole rings is 1. The van der Waals surface area contributed by atoms with E-state index >= 15 is 0 Å². The third-order valence-electron chi connectivity index (χ3n) is 5.13. The van der Waals surface area contributed by atoms with E-state index in [0.717, 1.165) is 19.0 Å². The van der Waals surface area contributed by atoms with Crippen molar-refractivity contribution in [2.45, 2.75) is 45.1 Å². The van der Waals surface area contributed by atoms with Gasteiger partial charge >= 0.3 is 0 Å². The molecule has 0 aromatic carbocycles. The first-order valence-corrected chi connectivity index (χ1v) is 9.83. The third-order valence-corrected chi connectivity index (χ3v) is 5.96. The maximum atomic E-state index is 4.43. The van der Waals surface area contributed by atoms with Crippen LogP contribution in [0.5, 0.6) is 0 Å². The predicted molar refractivity (Wildman–Crippen MR) is 94.8 cm³/mol. The van der Waals surface area contributed by atoms with Crippen molar-refractivity contribution in [1.29, 1.82) is 0 Å². The molecule has 2 aliphatic heterocycles. The minimum atomic E-state index is 0.713. The summed E-state index contributed by atoms with van der Waals surface area (Å²) in [6.07, 6.45) is 8.48. The quantitative estimate of drug-likeness (QED) is 0.873. The molecular formula is C17H30N4S. The number of aromatic nitrogens is 1. The van der Waals surface area contributed by atoms with Gasteiger partial charge in [-0.25, -0.2) is 4.98 Å². The van der Waals surface area contributed by atoms with Gasteiger partial charge in [-0.2, -0.15) is 0 Å². The Morgan fingerprint density at radius 2 is 1.95 bits per heavy atom. The zero-order chi connectivity index (χ0) is 15.2. The molecule has 4 nitrogen and oxygen atoms in total. The Labute approximate surface area is 138 Å². The van der Waals surface area contributed by atoms with E-state index in [-0.39, 0.29) is 0 Å². The molecule has 22 heavy (non-hydrogen) atoms. The van der Waals surface area contributed by atoms with Gasteiger partial charge in [0.05, 0.1) is 0 Å². The molecule has 2 aliphatic rings. The fraction of sp³-hybridized carbons (Fsp3) is 0.824. The van der Waals surface area contributed by atoms with Crippen LogP contribution in [-0.4, -0.2) is 55.2 Å². The first-order chi connectivity index (χ1) is 10.8. The fourth-order valence-corrected chi connectivity index (χ4v) is 4.41. The van der Waals surface area contributed by atoms with Gasteiger partial charge in [0.2, 0.25) is 0 Å². The molecule has 0 unspecified atom stereocenters. The lowest BCUT2D eigenvalue weighted by Crippen LogP contribution is -2.45. The average molecular weight is 323 g/mol. The molecule has 0 spiro atoms. The van der Waals surface area contributed by atoms with E-state index in [2.05, 4.69) is 32.4 Å². The van der Waals surface area contributed by atoms with Gasteiger partial charge in [0.1, 0.15) is 0 Å². The zero-order valence-corrected chi connectivity index (χ0v) is 14.7. The van der Waals surface area contributed by atoms with Gasteiger partial charge in [0.25, 0.3) is 0 Å². The number of anilines is 1. The highest BCUT2D eigenvalue weighted by molar-refractivity contribution is 7.13. The van der Waals surface area contributed by atoms with Gasteiger partial charge < -0.3 is 15.1 Å². The van der Waals surface area contributed by atoms with Crippen molar-refractivity contribution in [3.63, 3.8) is 0 Å². The lowest BCUT2D eigenvalue weighted by atomic mass is 9.95. The van der Waals surface area contributed by atoms with E-state index in [4.69, 9.17) is 0 Å². The summed E-state index contributed by atoms with van der Waals surface area (Å²) in [5.41, 5.74) is 0. The zero-order valence-electron chi connectivity index (χ0n) is 13.8. The second-order valence-electron chi connectivity index (χ2n) is 6.77. The Balaban J connectivity index is 1.32. The summed E-state index contributed by atoms with van der Waals surface area (Å²) < 4.78 is 0. The number of nitrogens with zero attached hydrogens (tertiary/aromatic N) is 3. The van der Waals surface area contributed by atoms with E-state index in [1.165, 1.54) is 63.4 Å². The van der Waals surface area contributed by atoms with Crippen LogP contribution in [0, 0.1) is 5.92 Å². The Bertz CT molecular complexity index is 406. The molecule has 1 aromatic heterocycles. The SMILES string of the molecule is CCCN1CCC(CNC2CCN(c3nccs3)CC2)CC1. The van der Waals surface area contributed by atoms with Gasteiger partial charge in [-0.1, -0.05) is 6.92 Å². The van der Waals surface area contributed by atoms with Gasteiger partial charge in [-0.15, -0.1) is 11.3 Å². The van der Waals surface area contributed by atoms with Gasteiger partial charge in [-0.05, 0) is 64.2 Å². The Hall–Kier alpha value is -0.650. The minimum absolute atomic E-state index is 0.713. The second kappa shape index (κ2) is 8.27. The molecule has 2 saturated heterocycles. The summed E-state index contributed by atoms with van der Waals surface area (Å²) in [5.74, 6) is 0.894. The highest BCUT2D eigenvalue weighted by Crippen LogP contribution is 2.22. The summed E-state index contributed by atoms with van der Waals surface area (Å²) in [6, 6.07) is 0.713. The molecule has 3 heterocycles. The highest BCUT2D eigenvalue weighted by atomic mass is 32.1. The van der Waals surface area contributed by atoms with Crippen molar-refractivity contribution < 1.29 is 0 Å². The summed E-state index contributed by atoms with van der Waals surface area (Å²) in [4.78, 5) is 9.49. The molecule has 0 bridgehead atoms. The van der Waals surface area contributed by atoms with Crippen molar-refractivity contribution in [3.8, 4) is 0 Å². The molecule has 2 fully saturated rings. The van der Waals surface area contributed by atoms with Crippen LogP contribution in [0.4, 0.5) is 5.13 Å². The lowest BCUT2D eigenvalue weighted by molar-refractivity contribution is 0.179. The van der Waals surface area contributed by atoms with Crippen LogP contribution in [0.1, 0.15) is 39.0 Å². The van der Waals surface area contributed by atoms with Crippen LogP contribution in [-0.2, 0) is 0 Å². The predicted octanol–water partition coefficient (Wildman–Crippen LogP) is 2.82. The van der Waals surface area contributed by atoms with Crippen molar-refractivity contribution >= 4 is 16.5 Å². The maximum absolute atomic E-state index is 4.43. The second-order valence-corrected chi connectivity index (χ2v) is 7.64. The number of rotatable bonds is 6. The number of hydrogen-bond donors (Lipinski definition) is 1. The summed E-state index contributed by atoms with van der Waals surface area (Å²) in [7, 11) is 0. The van der Waals surface area contributed by atoms with Crippen LogP contribution in [0.2, 0.25) is 0 Å². The normalized spacial score (nSPS) is 22.3. The first kappa shape index (κ1) is 16.2. The number of piperidine rings is 2. The van der Waals surface area contributed by atoms with E-state index < -0.39 is 0 Å². The largest absolute Gasteiger partial charge is 0.348 e. The minimum Gasteiger partial charge on any atom is -0.348 e. The highest BCUT2D eigenvalue weighted by Gasteiger charge is 2.23. The molecule has 124 valence electrons. The molecule has 0 saturated carbocycles. The standard InChI is InChI=1S/C17H30N4S/c1-2-8-20-9-3-15(4-10-20)14-19-16-5-11-21(12-6-16)17-18-7-13-22-17/h7,13,15-16,19H,2-6,8-12,14H2,1H3. The molecule has 0 aliphatic carbocycles. The molecule has 1 aromatic rings. The van der Waals surface area contributed by atoms with Crippen molar-refractivity contribution in [1.82, 2.24) is 15.2 Å². The van der Waals surface area contributed by atoms with Crippen LogP contribution in [0.15, 0.2) is 11.6 Å². The summed E-state index contributed by atoms with van der Waals surface area (Å²) >= 11 is 1.76.